The van der Waals surface area contributed by atoms with E-state index in [1.165, 1.54) is 0 Å². The van der Waals surface area contributed by atoms with Gasteiger partial charge in [-0.3, -0.25) is 9.59 Å². The van der Waals surface area contributed by atoms with E-state index in [2.05, 4.69) is 32.6 Å². The molecule has 0 unspecified atom stereocenters. The largest absolute Gasteiger partial charge is 0.392 e. The number of anilines is 2. The molecule has 3 aromatic rings. The number of para-hydroxylation sites is 1. The van der Waals surface area contributed by atoms with Gasteiger partial charge in [0.2, 0.25) is 5.91 Å². The van der Waals surface area contributed by atoms with Crippen molar-refractivity contribution in [1.82, 2.24) is 10.2 Å². The van der Waals surface area contributed by atoms with Crippen molar-refractivity contribution in [1.29, 1.82) is 0 Å². The van der Waals surface area contributed by atoms with Gasteiger partial charge in [0.15, 0.2) is 6.29 Å². The second-order valence-corrected chi connectivity index (χ2v) is 14.0. The zero-order valence-corrected chi connectivity index (χ0v) is 26.8. The number of halogens is 3. The number of carbonyl (C=O) groups excluding carboxylic acids is 2. The Kier molecular flexibility index (Phi) is 9.59. The quantitative estimate of drug-likeness (QED) is 0.286. The predicted molar refractivity (Wildman–Crippen MR) is 174 cm³/mol. The van der Waals surface area contributed by atoms with E-state index >= 15 is 0 Å². The molecule has 238 valence electrons. The Morgan fingerprint density at radius 1 is 0.978 bits per heavy atom. The van der Waals surface area contributed by atoms with Crippen molar-refractivity contribution in [3.05, 3.63) is 95.6 Å². The molecule has 0 radical (unpaired) electrons. The van der Waals surface area contributed by atoms with Crippen LogP contribution in [0.4, 0.5) is 11.4 Å². The third-order valence-electron chi connectivity index (χ3n) is 8.84. The molecule has 3 aliphatic heterocycles. The van der Waals surface area contributed by atoms with Crippen LogP contribution in [0.15, 0.2) is 78.9 Å². The standard InChI is InChI=1S/C33H35Cl3N4O5/c34-33(35,36)31(43)38-25-6-4-5-24(17-25)29-44-27(18-28(45-29)23-11-9-22(20-41)10-12-23)19-39-15-13-32(14-16-39)30(42)37-21-40(32)26-7-2-1-3-8-26/h1-12,17,27-29,41H,13-16,18-21H2,(H,37,42)(H,38,43)/t27-,28+,29+/m0/s1. The van der Waals surface area contributed by atoms with E-state index in [9.17, 15) is 14.7 Å². The number of likely N-dealkylation sites (tertiary alicyclic amines) is 1. The lowest BCUT2D eigenvalue weighted by atomic mass is 9.85. The molecule has 3 atom stereocenters. The van der Waals surface area contributed by atoms with Crippen LogP contribution in [0.2, 0.25) is 0 Å². The lowest BCUT2D eigenvalue weighted by Crippen LogP contribution is -2.57. The first-order valence-corrected chi connectivity index (χ1v) is 16.1. The van der Waals surface area contributed by atoms with Gasteiger partial charge in [0.05, 0.1) is 25.5 Å². The Morgan fingerprint density at radius 3 is 2.40 bits per heavy atom. The SMILES string of the molecule is O=C(Nc1cccc([C@@H]2O[C@H](CN3CCC4(CC3)C(=O)NCN4c3ccccc3)C[C@H](c3ccc(CO)cc3)O2)c1)C(Cl)(Cl)Cl. The molecule has 0 saturated carbocycles. The number of nitrogens with zero attached hydrogens (tertiary/aromatic N) is 2. The van der Waals surface area contributed by atoms with Crippen LogP contribution in [0.3, 0.4) is 0 Å². The summed E-state index contributed by atoms with van der Waals surface area (Å²) in [5, 5.41) is 15.2. The third kappa shape index (κ3) is 7.10. The zero-order valence-electron chi connectivity index (χ0n) is 24.5. The van der Waals surface area contributed by atoms with E-state index < -0.39 is 21.5 Å². The van der Waals surface area contributed by atoms with Crippen LogP contribution >= 0.6 is 34.8 Å². The summed E-state index contributed by atoms with van der Waals surface area (Å²) in [6.07, 6.45) is 0.862. The first-order chi connectivity index (χ1) is 21.6. The minimum absolute atomic E-state index is 0.0386. The van der Waals surface area contributed by atoms with Gasteiger partial charge in [-0.05, 0) is 48.2 Å². The summed E-state index contributed by atoms with van der Waals surface area (Å²) < 4.78 is 10.9. The van der Waals surface area contributed by atoms with Crippen LogP contribution in [0.25, 0.3) is 0 Å². The van der Waals surface area contributed by atoms with Gasteiger partial charge in [0, 0.05) is 43.0 Å². The van der Waals surface area contributed by atoms with Crippen molar-refractivity contribution in [3.63, 3.8) is 0 Å². The van der Waals surface area contributed by atoms with E-state index in [1.54, 1.807) is 18.2 Å². The maximum atomic E-state index is 13.1. The molecule has 6 rings (SSSR count). The zero-order chi connectivity index (χ0) is 31.6. The maximum absolute atomic E-state index is 13.1. The summed E-state index contributed by atoms with van der Waals surface area (Å²) in [6.45, 7) is 2.62. The Labute approximate surface area is 277 Å². The molecule has 45 heavy (non-hydrogen) atoms. The molecule has 12 heteroatoms. The lowest BCUT2D eigenvalue weighted by molar-refractivity contribution is -0.253. The summed E-state index contributed by atoms with van der Waals surface area (Å²) in [5.41, 5.74) is 3.43. The summed E-state index contributed by atoms with van der Waals surface area (Å²) in [4.78, 5) is 30.0. The van der Waals surface area contributed by atoms with Crippen LogP contribution < -0.4 is 15.5 Å². The van der Waals surface area contributed by atoms with Gasteiger partial charge in [0.1, 0.15) is 5.54 Å². The minimum Gasteiger partial charge on any atom is -0.392 e. The molecule has 3 aliphatic rings. The fourth-order valence-corrected chi connectivity index (χ4v) is 6.57. The highest BCUT2D eigenvalue weighted by Gasteiger charge is 2.50. The minimum atomic E-state index is -2.10. The molecule has 1 spiro atoms. The van der Waals surface area contributed by atoms with Crippen molar-refractivity contribution >= 4 is 58.0 Å². The number of hydrogen-bond donors (Lipinski definition) is 3. The van der Waals surface area contributed by atoms with Crippen molar-refractivity contribution in [2.75, 3.05) is 36.5 Å². The lowest BCUT2D eigenvalue weighted by Gasteiger charge is -2.45. The normalized spacial score (nSPS) is 23.6. The molecule has 3 saturated heterocycles. The number of piperidine rings is 1. The van der Waals surface area contributed by atoms with Gasteiger partial charge < -0.3 is 35.0 Å². The molecule has 2 amide bonds. The van der Waals surface area contributed by atoms with Crippen LogP contribution in [0.5, 0.6) is 0 Å². The van der Waals surface area contributed by atoms with E-state index in [0.717, 1.165) is 29.9 Å². The average molecular weight is 674 g/mol. The third-order valence-corrected chi connectivity index (χ3v) is 9.35. The second kappa shape index (κ2) is 13.5. The van der Waals surface area contributed by atoms with E-state index in [0.29, 0.717) is 43.7 Å². The van der Waals surface area contributed by atoms with Crippen molar-refractivity contribution < 1.29 is 24.2 Å². The van der Waals surface area contributed by atoms with Gasteiger partial charge in [0.25, 0.3) is 9.70 Å². The fourth-order valence-electron chi connectivity index (χ4n) is 6.42. The predicted octanol–water partition coefficient (Wildman–Crippen LogP) is 5.46. The topological polar surface area (TPSA) is 103 Å². The maximum Gasteiger partial charge on any atom is 0.276 e. The first kappa shape index (κ1) is 32.1. The van der Waals surface area contributed by atoms with Crippen LogP contribution in [0.1, 0.15) is 48.3 Å². The number of rotatable bonds is 7. The summed E-state index contributed by atoms with van der Waals surface area (Å²) >= 11 is 17.3. The average Bonchev–Trinajstić information content (AvgIpc) is 3.36. The van der Waals surface area contributed by atoms with Gasteiger partial charge >= 0.3 is 0 Å². The number of aliphatic hydroxyl groups is 1. The Balaban J connectivity index is 1.18. The second-order valence-electron chi connectivity index (χ2n) is 11.7. The smallest absolute Gasteiger partial charge is 0.276 e. The monoisotopic (exact) mass is 672 g/mol. The molecule has 3 aromatic carbocycles. The van der Waals surface area contributed by atoms with E-state index in [-0.39, 0.29) is 24.7 Å². The highest BCUT2D eigenvalue weighted by atomic mass is 35.6. The van der Waals surface area contributed by atoms with Crippen LogP contribution in [-0.2, 0) is 25.7 Å². The molecule has 0 aliphatic carbocycles. The highest BCUT2D eigenvalue weighted by molar-refractivity contribution is 6.76. The fraction of sp³-hybridized carbons (Fsp3) is 0.394. The molecule has 3 N–H and O–H groups in total. The molecule has 9 nitrogen and oxygen atoms in total. The number of alkyl halides is 3. The van der Waals surface area contributed by atoms with Crippen LogP contribution in [-0.4, -0.2) is 63.6 Å². The molecule has 3 heterocycles. The van der Waals surface area contributed by atoms with Crippen molar-refractivity contribution in [2.45, 2.75) is 53.7 Å². The van der Waals surface area contributed by atoms with Crippen LogP contribution in [0, 0.1) is 0 Å². The number of aliphatic hydroxyl groups excluding tert-OH is 1. The molecular weight excluding hydrogens is 639 g/mol. The summed E-state index contributed by atoms with van der Waals surface area (Å²) in [5.74, 6) is -0.680. The highest BCUT2D eigenvalue weighted by Crippen LogP contribution is 2.40. The number of nitrogens with one attached hydrogen (secondary N) is 2. The summed E-state index contributed by atoms with van der Waals surface area (Å²) in [6, 6.07) is 24.9. The van der Waals surface area contributed by atoms with Gasteiger partial charge in [-0.25, -0.2) is 0 Å². The number of benzene rings is 3. The Hall–Kier alpha value is -2.89. The molecule has 0 aromatic heterocycles. The van der Waals surface area contributed by atoms with Crippen molar-refractivity contribution in [3.8, 4) is 0 Å². The first-order valence-electron chi connectivity index (χ1n) is 15.0. The number of ether oxygens (including phenoxy) is 2. The number of amides is 2. The molecule has 0 bridgehead atoms. The summed E-state index contributed by atoms with van der Waals surface area (Å²) in [7, 11) is 0. The number of carbonyl (C=O) groups is 2. The Bertz CT molecular complexity index is 1500. The van der Waals surface area contributed by atoms with E-state index in [4.69, 9.17) is 44.3 Å². The van der Waals surface area contributed by atoms with Gasteiger partial charge in [-0.15, -0.1) is 0 Å². The molecule has 3 fully saturated rings. The Morgan fingerprint density at radius 2 is 1.71 bits per heavy atom. The molecular formula is C33H35Cl3N4O5. The van der Waals surface area contributed by atoms with Gasteiger partial charge in [-0.2, -0.15) is 0 Å². The van der Waals surface area contributed by atoms with Gasteiger partial charge in [-0.1, -0.05) is 89.4 Å². The van der Waals surface area contributed by atoms with Crippen molar-refractivity contribution in [2.24, 2.45) is 0 Å². The number of hydrogen-bond acceptors (Lipinski definition) is 7. The van der Waals surface area contributed by atoms with E-state index in [1.807, 2.05) is 48.5 Å².